The SMILES string of the molecule is CCC1(O)C(=O)OCc2c1cc1n(c2=O)Cc2c-1nc1cc(F)c(CCCCNC(=O)OC(C)(C)C)c3c1c2CCC3. The molecule has 0 radical (unpaired) electrons. The quantitative estimate of drug-likeness (QED) is 0.255. The topological polar surface area (TPSA) is 120 Å². The molecule has 2 aromatic heterocycles. The van der Waals surface area contributed by atoms with Crippen LogP contribution in [0.4, 0.5) is 9.18 Å². The van der Waals surface area contributed by atoms with Crippen LogP contribution in [0.25, 0.3) is 22.3 Å². The third-order valence-corrected chi connectivity index (χ3v) is 8.64. The molecule has 1 aliphatic carbocycles. The number of benzene rings is 1. The van der Waals surface area contributed by atoms with Gasteiger partial charge >= 0.3 is 12.1 Å². The first-order valence-corrected chi connectivity index (χ1v) is 14.7. The maximum atomic E-state index is 15.6. The molecule has 4 heterocycles. The fraction of sp³-hybridized carbons (Fsp3) is 0.500. The first-order chi connectivity index (χ1) is 19.9. The van der Waals surface area contributed by atoms with Gasteiger partial charge in [0.15, 0.2) is 5.60 Å². The average Bonchev–Trinajstić information content (AvgIpc) is 3.30. The van der Waals surface area contributed by atoms with Crippen LogP contribution in [0.3, 0.4) is 0 Å². The molecule has 0 fully saturated rings. The molecule has 1 amide bonds. The van der Waals surface area contributed by atoms with Crippen LogP contribution in [-0.4, -0.2) is 38.9 Å². The molecule has 0 spiro atoms. The molecule has 222 valence electrons. The number of nitrogens with one attached hydrogen (secondary N) is 1. The van der Waals surface area contributed by atoms with E-state index in [2.05, 4.69) is 5.32 Å². The number of pyridine rings is 2. The van der Waals surface area contributed by atoms with Gasteiger partial charge in [0.2, 0.25) is 0 Å². The lowest BCUT2D eigenvalue weighted by atomic mass is 9.83. The molecular formula is C32H36FN3O6. The van der Waals surface area contributed by atoms with E-state index in [1.54, 1.807) is 17.6 Å². The van der Waals surface area contributed by atoms with E-state index in [9.17, 15) is 19.5 Å². The Balaban J connectivity index is 1.33. The van der Waals surface area contributed by atoms with Crippen LogP contribution in [-0.2, 0) is 52.3 Å². The van der Waals surface area contributed by atoms with Gasteiger partial charge in [0, 0.05) is 29.1 Å². The maximum Gasteiger partial charge on any atom is 0.407 e. The summed E-state index contributed by atoms with van der Waals surface area (Å²) in [5.41, 5.74) is 3.16. The summed E-state index contributed by atoms with van der Waals surface area (Å²) in [6, 6.07) is 3.18. The number of aryl methyl sites for hydroxylation is 2. The summed E-state index contributed by atoms with van der Waals surface area (Å²) in [4.78, 5) is 42.9. The highest BCUT2D eigenvalue weighted by atomic mass is 19.1. The fourth-order valence-corrected chi connectivity index (χ4v) is 6.62. The summed E-state index contributed by atoms with van der Waals surface area (Å²) < 4.78 is 27.7. The Labute approximate surface area is 243 Å². The Kier molecular flexibility index (Phi) is 6.87. The standard InChI is InChI=1S/C32H36FN3O6/c1-5-32(40)22-13-25-27-20(15-36(25)28(37)21(22)16-41-29(32)38)19-11-8-10-18-17(23(33)14-24(35-27)26(18)19)9-6-7-12-34-30(39)42-31(2,3)4/h13-14,40H,5-12,15-16H2,1-4H3,(H,34,39). The largest absolute Gasteiger partial charge is 0.458 e. The van der Waals surface area contributed by atoms with E-state index in [-0.39, 0.29) is 35.5 Å². The molecule has 9 nitrogen and oxygen atoms in total. The van der Waals surface area contributed by atoms with Gasteiger partial charge in [-0.05, 0) is 88.5 Å². The third kappa shape index (κ3) is 4.56. The zero-order valence-electron chi connectivity index (χ0n) is 24.5. The molecule has 0 saturated carbocycles. The van der Waals surface area contributed by atoms with Gasteiger partial charge in [-0.3, -0.25) is 4.79 Å². The molecule has 3 aliphatic rings. The van der Waals surface area contributed by atoms with E-state index in [0.717, 1.165) is 41.3 Å². The number of carbonyl (C=O) groups is 2. The Morgan fingerprint density at radius 1 is 1.17 bits per heavy atom. The minimum absolute atomic E-state index is 0.0688. The molecule has 10 heteroatoms. The molecule has 1 aromatic carbocycles. The van der Waals surface area contributed by atoms with Crippen molar-refractivity contribution in [1.29, 1.82) is 0 Å². The van der Waals surface area contributed by atoms with Gasteiger partial charge in [-0.15, -0.1) is 0 Å². The van der Waals surface area contributed by atoms with E-state index in [1.165, 1.54) is 6.07 Å². The van der Waals surface area contributed by atoms with Gasteiger partial charge in [-0.1, -0.05) is 6.92 Å². The zero-order valence-corrected chi connectivity index (χ0v) is 24.5. The van der Waals surface area contributed by atoms with Crippen molar-refractivity contribution >= 4 is 23.0 Å². The number of fused-ring (bicyclic) bond motifs is 5. The van der Waals surface area contributed by atoms with Gasteiger partial charge < -0.3 is 24.5 Å². The summed E-state index contributed by atoms with van der Waals surface area (Å²) in [7, 11) is 0. The Hall–Kier alpha value is -3.79. The maximum absolute atomic E-state index is 15.6. The summed E-state index contributed by atoms with van der Waals surface area (Å²) in [5, 5.41) is 14.9. The Bertz CT molecular complexity index is 1710. The van der Waals surface area contributed by atoms with E-state index >= 15 is 4.39 Å². The number of amides is 1. The minimum atomic E-state index is -1.90. The number of unbranched alkanes of at least 4 members (excludes halogenated alkanes) is 1. The number of esters is 1. The number of cyclic esters (lactones) is 1. The van der Waals surface area contributed by atoms with Crippen molar-refractivity contribution in [2.24, 2.45) is 0 Å². The smallest absolute Gasteiger partial charge is 0.407 e. The first-order valence-electron chi connectivity index (χ1n) is 14.7. The number of nitrogens with zero attached hydrogens (tertiary/aromatic N) is 2. The van der Waals surface area contributed by atoms with Crippen LogP contribution in [0.1, 0.15) is 86.8 Å². The molecule has 2 aliphatic heterocycles. The molecule has 1 atom stereocenters. The number of carbonyl (C=O) groups excluding carboxylic acids is 2. The average molecular weight is 578 g/mol. The predicted octanol–water partition coefficient (Wildman–Crippen LogP) is 4.55. The molecule has 3 aromatic rings. The summed E-state index contributed by atoms with van der Waals surface area (Å²) >= 11 is 0. The highest BCUT2D eigenvalue weighted by molar-refractivity contribution is 5.92. The number of hydrogen-bond donors (Lipinski definition) is 2. The second kappa shape index (κ2) is 10.2. The van der Waals surface area contributed by atoms with Crippen LogP contribution in [0.15, 0.2) is 16.9 Å². The van der Waals surface area contributed by atoms with Gasteiger partial charge in [0.1, 0.15) is 18.0 Å². The predicted molar refractivity (Wildman–Crippen MR) is 154 cm³/mol. The summed E-state index contributed by atoms with van der Waals surface area (Å²) in [5.74, 6) is -1.07. The van der Waals surface area contributed by atoms with Crippen LogP contribution in [0.5, 0.6) is 0 Å². The van der Waals surface area contributed by atoms with Crippen LogP contribution < -0.4 is 10.9 Å². The number of halogens is 1. The highest BCUT2D eigenvalue weighted by Crippen LogP contribution is 2.43. The number of aromatic nitrogens is 2. The molecule has 0 bridgehead atoms. The Morgan fingerprint density at radius 3 is 2.67 bits per heavy atom. The second-order valence-electron chi connectivity index (χ2n) is 12.5. The van der Waals surface area contributed by atoms with Crippen molar-refractivity contribution in [2.75, 3.05) is 6.54 Å². The number of alkyl carbamates (subject to hydrolysis) is 1. The number of hydrogen-bond acceptors (Lipinski definition) is 7. The number of rotatable bonds is 6. The van der Waals surface area contributed by atoms with Crippen molar-refractivity contribution in [2.45, 2.75) is 97.0 Å². The molecular weight excluding hydrogens is 541 g/mol. The van der Waals surface area contributed by atoms with E-state index < -0.39 is 23.3 Å². The Morgan fingerprint density at radius 2 is 1.93 bits per heavy atom. The van der Waals surface area contributed by atoms with Crippen molar-refractivity contribution in [1.82, 2.24) is 14.9 Å². The van der Waals surface area contributed by atoms with Crippen LogP contribution >= 0.6 is 0 Å². The first kappa shape index (κ1) is 28.3. The monoisotopic (exact) mass is 577 g/mol. The molecule has 1 unspecified atom stereocenters. The van der Waals surface area contributed by atoms with Crippen LogP contribution in [0.2, 0.25) is 0 Å². The van der Waals surface area contributed by atoms with Crippen molar-refractivity contribution in [3.8, 4) is 11.4 Å². The van der Waals surface area contributed by atoms with Gasteiger partial charge in [0.25, 0.3) is 5.56 Å². The zero-order chi connectivity index (χ0) is 30.0. The normalized spacial score (nSPS) is 18.8. The lowest BCUT2D eigenvalue weighted by Gasteiger charge is -2.31. The molecule has 42 heavy (non-hydrogen) atoms. The lowest BCUT2D eigenvalue weighted by Crippen LogP contribution is -2.44. The van der Waals surface area contributed by atoms with Gasteiger partial charge in [-0.25, -0.2) is 19.0 Å². The van der Waals surface area contributed by atoms with Crippen molar-refractivity contribution < 1.29 is 28.6 Å². The van der Waals surface area contributed by atoms with E-state index in [0.29, 0.717) is 54.8 Å². The molecule has 0 saturated heterocycles. The van der Waals surface area contributed by atoms with Crippen molar-refractivity contribution in [3.63, 3.8) is 0 Å². The van der Waals surface area contributed by atoms with Crippen molar-refractivity contribution in [3.05, 3.63) is 61.7 Å². The third-order valence-electron chi connectivity index (χ3n) is 8.64. The molecule has 6 rings (SSSR count). The highest BCUT2D eigenvalue weighted by Gasteiger charge is 2.45. The summed E-state index contributed by atoms with van der Waals surface area (Å²) in [6.07, 6.45) is 3.93. The van der Waals surface area contributed by atoms with E-state index in [4.69, 9.17) is 14.5 Å². The van der Waals surface area contributed by atoms with Crippen LogP contribution in [0, 0.1) is 5.82 Å². The minimum Gasteiger partial charge on any atom is -0.458 e. The van der Waals surface area contributed by atoms with Gasteiger partial charge in [0.05, 0.1) is 29.0 Å². The molecule has 2 N–H and O–H groups in total. The number of aliphatic hydroxyl groups is 1. The van der Waals surface area contributed by atoms with Gasteiger partial charge in [-0.2, -0.15) is 0 Å². The number of ether oxygens (including phenoxy) is 2. The lowest BCUT2D eigenvalue weighted by molar-refractivity contribution is -0.172. The second-order valence-corrected chi connectivity index (χ2v) is 12.5. The van der Waals surface area contributed by atoms with E-state index in [1.807, 2.05) is 20.8 Å². The summed E-state index contributed by atoms with van der Waals surface area (Å²) in [6.45, 7) is 7.70. The fourth-order valence-electron chi connectivity index (χ4n) is 6.62.